The first-order valence-electron chi connectivity index (χ1n) is 0.532. The molecular weight excluding hydrogens is 103 g/mol. The maximum Gasteiger partial charge on any atom is 0.299 e. The second-order valence-corrected chi connectivity index (χ2v) is 0.692. The van der Waals surface area contributed by atoms with Crippen LogP contribution in [0.25, 0.3) is 0 Å². The van der Waals surface area contributed by atoms with E-state index in [-0.39, 0.29) is 29.6 Å². The molecule has 0 aromatic heterocycles. The van der Waals surface area contributed by atoms with Crippen LogP contribution < -0.4 is 0 Å². The van der Waals surface area contributed by atoms with Crippen molar-refractivity contribution in [1.29, 1.82) is 0 Å². The first-order chi connectivity index (χ1) is 1.73. The second kappa shape index (κ2) is 5.07. The van der Waals surface area contributed by atoms with Crippen LogP contribution in [0.5, 0.6) is 0 Å². The summed E-state index contributed by atoms with van der Waals surface area (Å²) in [7, 11) is 0. The summed E-state index contributed by atoms with van der Waals surface area (Å²) < 4.78 is 22.8. The Morgan fingerprint density at radius 2 is 1.40 bits per heavy atom. The third kappa shape index (κ3) is 41.7. The molecule has 0 bridgehead atoms. The van der Waals surface area contributed by atoms with E-state index in [9.17, 15) is 0 Å². The minimum Gasteiger partial charge on any atom is -0.284 e. The predicted octanol–water partition coefficient (Wildman–Crippen LogP) is -0.700. The van der Waals surface area contributed by atoms with Crippen molar-refractivity contribution in [3.8, 4) is 0 Å². The van der Waals surface area contributed by atoms with E-state index in [1.54, 1.807) is 0 Å². The van der Waals surface area contributed by atoms with Crippen LogP contribution in [0.15, 0.2) is 0 Å². The molecule has 0 saturated heterocycles. The molecular formula is H2NaO3S. The van der Waals surface area contributed by atoms with Crippen LogP contribution >= 0.6 is 0 Å². The van der Waals surface area contributed by atoms with Crippen LogP contribution in [0.2, 0.25) is 0 Å². The summed E-state index contributed by atoms with van der Waals surface area (Å²) >= 11 is -2.61. The summed E-state index contributed by atoms with van der Waals surface area (Å²) in [5, 5.41) is 0. The third-order valence-electron chi connectivity index (χ3n) is 0. The average Bonchev–Trinajstić information content (AvgIpc) is 0.811. The fourth-order valence-electron chi connectivity index (χ4n) is 0. The Hall–Kier alpha value is 1.07. The van der Waals surface area contributed by atoms with Gasteiger partial charge in [-0.15, -0.1) is 0 Å². The van der Waals surface area contributed by atoms with E-state index in [4.69, 9.17) is 13.3 Å². The molecule has 3 nitrogen and oxygen atoms in total. The average molecular weight is 105 g/mol. The fraction of sp³-hybridized carbons (Fsp3) is 0. The molecule has 5 heavy (non-hydrogen) atoms. The van der Waals surface area contributed by atoms with Crippen LogP contribution in [0.3, 0.4) is 0 Å². The Morgan fingerprint density at radius 3 is 1.40 bits per heavy atom. The normalized spacial score (nSPS) is 7.00. The van der Waals surface area contributed by atoms with Crippen molar-refractivity contribution in [3.63, 3.8) is 0 Å². The minimum atomic E-state index is -2.61. The molecule has 0 fully saturated rings. The summed E-state index contributed by atoms with van der Waals surface area (Å²) in [5.74, 6) is 0. The van der Waals surface area contributed by atoms with Gasteiger partial charge in [-0.2, -0.15) is 4.21 Å². The van der Waals surface area contributed by atoms with Gasteiger partial charge in [0.25, 0.3) is 11.4 Å². The zero-order chi connectivity index (χ0) is 3.58. The predicted molar refractivity (Wildman–Crippen MR) is 19.2 cm³/mol. The van der Waals surface area contributed by atoms with Gasteiger partial charge in [0.05, 0.1) is 0 Å². The quantitative estimate of drug-likeness (QED) is 0.316. The molecule has 0 rings (SSSR count). The van der Waals surface area contributed by atoms with Crippen LogP contribution in [0.4, 0.5) is 0 Å². The molecule has 0 saturated carbocycles. The molecule has 0 spiro atoms. The van der Waals surface area contributed by atoms with Crippen molar-refractivity contribution in [2.45, 2.75) is 0 Å². The Morgan fingerprint density at radius 1 is 1.40 bits per heavy atom. The van der Waals surface area contributed by atoms with Crippen molar-refractivity contribution >= 4 is 40.9 Å². The summed E-state index contributed by atoms with van der Waals surface area (Å²) in [4.78, 5) is 0. The van der Waals surface area contributed by atoms with E-state index >= 15 is 0 Å². The Bertz CT molecular complexity index is 29.9. The first-order valence-corrected chi connectivity index (χ1v) is 1.60. The van der Waals surface area contributed by atoms with Gasteiger partial charge in [0.1, 0.15) is 0 Å². The summed E-state index contributed by atoms with van der Waals surface area (Å²) in [5.41, 5.74) is 0. The molecule has 0 aromatic carbocycles. The fourth-order valence-corrected chi connectivity index (χ4v) is 0. The molecule has 0 aliphatic carbocycles. The van der Waals surface area contributed by atoms with Gasteiger partial charge in [-0.3, -0.25) is 9.11 Å². The second-order valence-electron chi connectivity index (χ2n) is 0.231. The smallest absolute Gasteiger partial charge is 0.284 e. The van der Waals surface area contributed by atoms with Crippen LogP contribution in [0.1, 0.15) is 0 Å². The Labute approximate surface area is 54.2 Å². The van der Waals surface area contributed by atoms with Gasteiger partial charge >= 0.3 is 0 Å². The van der Waals surface area contributed by atoms with Crippen molar-refractivity contribution < 1.29 is 13.3 Å². The standard InChI is InChI=1S/Na.H2O3S/c;1-4(2)3/h;(H2,1,2,3). The van der Waals surface area contributed by atoms with Crippen LogP contribution in [0, 0.1) is 0 Å². The van der Waals surface area contributed by atoms with Crippen molar-refractivity contribution in [2.24, 2.45) is 0 Å². The topological polar surface area (TPSA) is 57.5 Å². The Kier molecular flexibility index (Phi) is 9.55. The number of rotatable bonds is 0. The third-order valence-corrected chi connectivity index (χ3v) is 0. The van der Waals surface area contributed by atoms with Gasteiger partial charge in [0.2, 0.25) is 0 Å². The molecule has 1 radical (unpaired) electrons. The maximum atomic E-state index is 8.67. The van der Waals surface area contributed by atoms with Gasteiger partial charge in [-0.1, -0.05) is 0 Å². The molecule has 5 heteroatoms. The molecule has 0 atom stereocenters. The number of hydrogen-bond acceptors (Lipinski definition) is 1. The van der Waals surface area contributed by atoms with E-state index in [0.717, 1.165) is 0 Å². The largest absolute Gasteiger partial charge is 0.299 e. The van der Waals surface area contributed by atoms with E-state index in [1.165, 1.54) is 0 Å². The van der Waals surface area contributed by atoms with E-state index in [2.05, 4.69) is 0 Å². The summed E-state index contributed by atoms with van der Waals surface area (Å²) in [6.07, 6.45) is 0. The monoisotopic (exact) mass is 105 g/mol. The van der Waals surface area contributed by atoms with Crippen molar-refractivity contribution in [1.82, 2.24) is 0 Å². The van der Waals surface area contributed by atoms with E-state index < -0.39 is 11.4 Å². The zero-order valence-corrected chi connectivity index (χ0v) is 5.53. The number of hydrogen-bond donors (Lipinski definition) is 2. The van der Waals surface area contributed by atoms with Crippen LogP contribution in [-0.2, 0) is 11.4 Å². The van der Waals surface area contributed by atoms with Crippen molar-refractivity contribution in [2.75, 3.05) is 0 Å². The summed E-state index contributed by atoms with van der Waals surface area (Å²) in [6, 6.07) is 0. The van der Waals surface area contributed by atoms with Gasteiger partial charge in [-0.25, -0.2) is 0 Å². The summed E-state index contributed by atoms with van der Waals surface area (Å²) in [6.45, 7) is 0. The zero-order valence-electron chi connectivity index (χ0n) is 2.71. The van der Waals surface area contributed by atoms with E-state index in [1.807, 2.05) is 0 Å². The maximum absolute atomic E-state index is 8.67. The molecule has 0 amide bonds. The molecule has 0 aromatic rings. The van der Waals surface area contributed by atoms with Gasteiger partial charge in [-0.05, 0) is 0 Å². The molecule has 2 N–H and O–H groups in total. The molecule has 0 aliphatic heterocycles. The SMILES string of the molecule is O=S(O)O.[Na]. The van der Waals surface area contributed by atoms with Gasteiger partial charge < -0.3 is 0 Å². The van der Waals surface area contributed by atoms with E-state index in [0.29, 0.717) is 0 Å². The molecule has 27 valence electrons. The van der Waals surface area contributed by atoms with Crippen molar-refractivity contribution in [3.05, 3.63) is 0 Å². The van der Waals surface area contributed by atoms with Gasteiger partial charge in [0.15, 0.2) is 0 Å². The molecule has 0 unspecified atom stereocenters. The first kappa shape index (κ1) is 9.42. The molecule has 0 aliphatic rings. The van der Waals surface area contributed by atoms with Crippen LogP contribution in [-0.4, -0.2) is 42.9 Å². The minimum absolute atomic E-state index is 0. The van der Waals surface area contributed by atoms with Gasteiger partial charge in [0, 0.05) is 29.6 Å². The Balaban J connectivity index is 0. The molecule has 0 heterocycles.